The molecule has 0 spiro atoms. The van der Waals surface area contributed by atoms with Crippen molar-refractivity contribution >= 4 is 26.7 Å². The van der Waals surface area contributed by atoms with E-state index in [0.29, 0.717) is 38.0 Å². The van der Waals surface area contributed by atoms with Crippen LogP contribution in [0.2, 0.25) is 0 Å². The second-order valence-corrected chi connectivity index (χ2v) is 10.5. The van der Waals surface area contributed by atoms with Crippen molar-refractivity contribution in [1.82, 2.24) is 9.21 Å². The summed E-state index contributed by atoms with van der Waals surface area (Å²) in [5.74, 6) is 0.632. The normalized spacial score (nSPS) is 15.1. The van der Waals surface area contributed by atoms with Gasteiger partial charge >= 0.3 is 0 Å². The number of sulfonamides is 1. The molecule has 0 aromatic heterocycles. The van der Waals surface area contributed by atoms with Gasteiger partial charge in [-0.3, -0.25) is 4.79 Å². The van der Waals surface area contributed by atoms with Crippen LogP contribution in [0.25, 0.3) is 10.8 Å². The van der Waals surface area contributed by atoms with Gasteiger partial charge in [0.25, 0.3) is 0 Å². The third kappa shape index (κ3) is 4.91. The fourth-order valence-corrected chi connectivity index (χ4v) is 5.83. The van der Waals surface area contributed by atoms with Gasteiger partial charge in [0.05, 0.1) is 23.6 Å². The minimum Gasteiger partial charge on any atom is -0.497 e. The van der Waals surface area contributed by atoms with Crippen molar-refractivity contribution in [3.63, 3.8) is 0 Å². The number of nitriles is 1. The summed E-state index contributed by atoms with van der Waals surface area (Å²) < 4.78 is 32.6. The van der Waals surface area contributed by atoms with E-state index in [0.717, 1.165) is 22.1 Å². The first-order valence-electron chi connectivity index (χ1n) is 11.1. The highest BCUT2D eigenvalue weighted by molar-refractivity contribution is 7.89. The lowest BCUT2D eigenvalue weighted by Gasteiger charge is -2.32. The van der Waals surface area contributed by atoms with E-state index in [-0.39, 0.29) is 16.7 Å². The number of rotatable bonds is 6. The number of nitrogens with zero attached hydrogens (tertiary/aromatic N) is 3. The van der Waals surface area contributed by atoms with Gasteiger partial charge in [-0.15, -0.1) is 0 Å². The Kier molecular flexibility index (Phi) is 6.87. The summed E-state index contributed by atoms with van der Waals surface area (Å²) in [6, 6.07) is 19.9. The van der Waals surface area contributed by atoms with Gasteiger partial charge in [0.1, 0.15) is 5.75 Å². The second kappa shape index (κ2) is 9.84. The molecule has 1 aliphatic rings. The van der Waals surface area contributed by atoms with Gasteiger partial charge in [0, 0.05) is 32.6 Å². The molecule has 1 heterocycles. The van der Waals surface area contributed by atoms with Crippen molar-refractivity contribution in [3.05, 3.63) is 71.8 Å². The number of methoxy groups -OCH3 is 1. The Morgan fingerprint density at radius 1 is 1.06 bits per heavy atom. The molecule has 4 rings (SSSR count). The Balaban J connectivity index is 1.37. The van der Waals surface area contributed by atoms with E-state index < -0.39 is 10.0 Å². The Labute approximate surface area is 200 Å². The summed E-state index contributed by atoms with van der Waals surface area (Å²) in [6.45, 7) is 1.08. The zero-order chi connectivity index (χ0) is 24.3. The fraction of sp³-hybridized carbons (Fsp3) is 0.308. The Morgan fingerprint density at radius 3 is 2.35 bits per heavy atom. The summed E-state index contributed by atoms with van der Waals surface area (Å²) in [5.41, 5.74) is 1.45. The molecule has 7 nitrogen and oxygen atoms in total. The minimum absolute atomic E-state index is 0.0326. The largest absolute Gasteiger partial charge is 0.497 e. The van der Waals surface area contributed by atoms with Crippen LogP contribution in [0.5, 0.6) is 5.75 Å². The van der Waals surface area contributed by atoms with Crippen molar-refractivity contribution in [1.29, 1.82) is 5.26 Å². The van der Waals surface area contributed by atoms with E-state index in [2.05, 4.69) is 6.07 Å². The predicted molar refractivity (Wildman–Crippen MR) is 130 cm³/mol. The molecule has 34 heavy (non-hydrogen) atoms. The standard InChI is InChI=1S/C26H27N3O4S/c1-28(18-20-3-6-23-16-24(33-2)8-7-22(23)15-20)26(30)21-11-13-29(14-12-21)34(31,32)25-9-4-19(17-27)5-10-25/h3-10,15-16,21H,11-14,18H2,1-2H3. The third-order valence-electron chi connectivity index (χ3n) is 6.33. The molecule has 176 valence electrons. The number of ether oxygens (including phenoxy) is 1. The zero-order valence-corrected chi connectivity index (χ0v) is 20.1. The number of benzene rings is 3. The molecule has 0 atom stereocenters. The SMILES string of the molecule is COc1ccc2cc(CN(C)C(=O)C3CCN(S(=O)(=O)c4ccc(C#N)cc4)CC3)ccc2c1. The van der Waals surface area contributed by atoms with Crippen LogP contribution in [-0.2, 0) is 21.4 Å². The average molecular weight is 478 g/mol. The summed E-state index contributed by atoms with van der Waals surface area (Å²) in [6.07, 6.45) is 0.965. The molecule has 8 heteroatoms. The van der Waals surface area contributed by atoms with Crippen LogP contribution in [0, 0.1) is 17.2 Å². The van der Waals surface area contributed by atoms with Crippen LogP contribution >= 0.6 is 0 Å². The molecule has 3 aromatic carbocycles. The summed E-state index contributed by atoms with van der Waals surface area (Å²) >= 11 is 0. The van der Waals surface area contributed by atoms with Crippen molar-refractivity contribution in [2.24, 2.45) is 5.92 Å². The van der Waals surface area contributed by atoms with Crippen molar-refractivity contribution in [3.8, 4) is 11.8 Å². The molecule has 1 aliphatic heterocycles. The number of amides is 1. The van der Waals surface area contributed by atoms with E-state index in [9.17, 15) is 13.2 Å². The van der Waals surface area contributed by atoms with Crippen molar-refractivity contribution in [2.75, 3.05) is 27.2 Å². The van der Waals surface area contributed by atoms with Gasteiger partial charge in [-0.25, -0.2) is 8.42 Å². The monoisotopic (exact) mass is 477 g/mol. The quantitative estimate of drug-likeness (QED) is 0.539. The first-order valence-corrected chi connectivity index (χ1v) is 12.6. The Morgan fingerprint density at radius 2 is 1.71 bits per heavy atom. The molecule has 0 radical (unpaired) electrons. The molecule has 0 saturated carbocycles. The number of fused-ring (bicyclic) bond motifs is 1. The van der Waals surface area contributed by atoms with Gasteiger partial charge in [0.2, 0.25) is 15.9 Å². The molecule has 0 bridgehead atoms. The topological polar surface area (TPSA) is 90.7 Å². The lowest BCUT2D eigenvalue weighted by atomic mass is 9.96. The highest BCUT2D eigenvalue weighted by Crippen LogP contribution is 2.26. The van der Waals surface area contributed by atoms with E-state index in [1.807, 2.05) is 36.4 Å². The number of piperidine rings is 1. The van der Waals surface area contributed by atoms with Crippen LogP contribution in [0.15, 0.2) is 65.6 Å². The maximum Gasteiger partial charge on any atom is 0.243 e. The lowest BCUT2D eigenvalue weighted by molar-refractivity contribution is -0.135. The van der Waals surface area contributed by atoms with Crippen LogP contribution < -0.4 is 4.74 Å². The predicted octanol–water partition coefficient (Wildman–Crippen LogP) is 3.78. The van der Waals surface area contributed by atoms with Crippen LogP contribution in [0.3, 0.4) is 0 Å². The van der Waals surface area contributed by atoms with Gasteiger partial charge in [0.15, 0.2) is 0 Å². The maximum absolute atomic E-state index is 13.1. The first kappa shape index (κ1) is 23.7. The zero-order valence-electron chi connectivity index (χ0n) is 19.3. The number of hydrogen-bond acceptors (Lipinski definition) is 5. The fourth-order valence-electron chi connectivity index (χ4n) is 4.36. The smallest absolute Gasteiger partial charge is 0.243 e. The van der Waals surface area contributed by atoms with Crippen LogP contribution in [0.1, 0.15) is 24.0 Å². The molecule has 0 N–H and O–H groups in total. The summed E-state index contributed by atoms with van der Waals surface area (Å²) in [4.78, 5) is 14.9. The van der Waals surface area contributed by atoms with E-state index in [1.54, 1.807) is 19.1 Å². The van der Waals surface area contributed by atoms with Crippen molar-refractivity contribution in [2.45, 2.75) is 24.3 Å². The van der Waals surface area contributed by atoms with E-state index >= 15 is 0 Å². The summed E-state index contributed by atoms with van der Waals surface area (Å²) in [7, 11) is -0.207. The molecule has 1 amide bonds. The molecule has 1 fully saturated rings. The molecule has 0 aliphatic carbocycles. The first-order chi connectivity index (χ1) is 16.3. The molecule has 3 aromatic rings. The van der Waals surface area contributed by atoms with Gasteiger partial charge in [-0.05, 0) is 71.6 Å². The molecular formula is C26H27N3O4S. The Bertz CT molecular complexity index is 1340. The van der Waals surface area contributed by atoms with E-state index in [1.165, 1.54) is 28.6 Å². The minimum atomic E-state index is -3.64. The van der Waals surface area contributed by atoms with Gasteiger partial charge in [-0.1, -0.05) is 18.2 Å². The Hall–Kier alpha value is -3.41. The van der Waals surface area contributed by atoms with Gasteiger partial charge < -0.3 is 9.64 Å². The molecule has 0 unspecified atom stereocenters. The molecule has 1 saturated heterocycles. The average Bonchev–Trinajstić information content (AvgIpc) is 2.88. The van der Waals surface area contributed by atoms with Crippen molar-refractivity contribution < 1.29 is 17.9 Å². The number of carbonyl (C=O) groups excluding carboxylic acids is 1. The number of hydrogen-bond donors (Lipinski definition) is 0. The van der Waals surface area contributed by atoms with Crippen LogP contribution in [-0.4, -0.2) is 50.8 Å². The highest BCUT2D eigenvalue weighted by atomic mass is 32.2. The highest BCUT2D eigenvalue weighted by Gasteiger charge is 2.33. The van der Waals surface area contributed by atoms with Gasteiger partial charge in [-0.2, -0.15) is 9.57 Å². The lowest BCUT2D eigenvalue weighted by Crippen LogP contribution is -2.43. The summed E-state index contributed by atoms with van der Waals surface area (Å²) in [5, 5.41) is 11.1. The molecular weight excluding hydrogens is 450 g/mol. The number of carbonyl (C=O) groups is 1. The van der Waals surface area contributed by atoms with Crippen LogP contribution in [0.4, 0.5) is 0 Å². The second-order valence-electron chi connectivity index (χ2n) is 8.56. The third-order valence-corrected chi connectivity index (χ3v) is 8.25. The van der Waals surface area contributed by atoms with E-state index in [4.69, 9.17) is 10.00 Å². The maximum atomic E-state index is 13.1.